The van der Waals surface area contributed by atoms with Gasteiger partial charge >= 0.3 is 0 Å². The van der Waals surface area contributed by atoms with E-state index >= 15 is 0 Å². The van der Waals surface area contributed by atoms with E-state index in [1.165, 1.54) is 4.90 Å². The lowest BCUT2D eigenvalue weighted by atomic mass is 9.85. The van der Waals surface area contributed by atoms with Crippen molar-refractivity contribution in [3.63, 3.8) is 0 Å². The highest BCUT2D eigenvalue weighted by atomic mass is 16.5. The molecule has 0 aromatic heterocycles. The zero-order chi connectivity index (χ0) is 26.0. The predicted molar refractivity (Wildman–Crippen MR) is 141 cm³/mol. The lowest BCUT2D eigenvalue weighted by molar-refractivity contribution is -0.132. The summed E-state index contributed by atoms with van der Waals surface area (Å²) in [7, 11) is 1.54. The third-order valence-electron chi connectivity index (χ3n) is 6.31. The predicted octanol–water partition coefficient (Wildman–Crippen LogP) is 6.02. The van der Waals surface area contributed by atoms with Crippen LogP contribution in [0.5, 0.6) is 11.5 Å². The lowest BCUT2D eigenvalue weighted by Crippen LogP contribution is -2.29. The van der Waals surface area contributed by atoms with Crippen molar-refractivity contribution in [2.75, 3.05) is 18.6 Å². The summed E-state index contributed by atoms with van der Waals surface area (Å²) in [6.45, 7) is 8.77. The number of aliphatic hydroxyl groups is 1. The fourth-order valence-corrected chi connectivity index (χ4v) is 4.37. The van der Waals surface area contributed by atoms with Crippen molar-refractivity contribution in [1.82, 2.24) is 0 Å². The third kappa shape index (κ3) is 4.71. The Balaban J connectivity index is 1.89. The summed E-state index contributed by atoms with van der Waals surface area (Å²) in [5, 5.41) is 11.3. The summed E-state index contributed by atoms with van der Waals surface area (Å²) in [6.07, 6.45) is 0. The van der Waals surface area contributed by atoms with Gasteiger partial charge in [0.2, 0.25) is 0 Å². The summed E-state index contributed by atoms with van der Waals surface area (Å²) in [5.74, 6) is -0.468. The maximum atomic E-state index is 13.4. The van der Waals surface area contributed by atoms with Crippen molar-refractivity contribution in [3.8, 4) is 11.5 Å². The van der Waals surface area contributed by atoms with Crippen molar-refractivity contribution in [3.05, 3.63) is 95.1 Å². The second-order valence-corrected chi connectivity index (χ2v) is 9.70. The van der Waals surface area contributed by atoms with Gasteiger partial charge in [-0.05, 0) is 59.9 Å². The number of rotatable bonds is 6. The van der Waals surface area contributed by atoms with E-state index < -0.39 is 17.7 Å². The van der Waals surface area contributed by atoms with Gasteiger partial charge in [0.15, 0.2) is 0 Å². The molecule has 1 unspecified atom stereocenters. The molecular weight excluding hydrogens is 454 g/mol. The molecule has 1 atom stereocenters. The van der Waals surface area contributed by atoms with Crippen LogP contribution in [0.4, 0.5) is 5.69 Å². The molecule has 0 spiro atoms. The first kappa shape index (κ1) is 25.0. The fourth-order valence-electron chi connectivity index (χ4n) is 4.37. The van der Waals surface area contributed by atoms with Gasteiger partial charge in [0.25, 0.3) is 11.7 Å². The zero-order valence-corrected chi connectivity index (χ0v) is 21.2. The Morgan fingerprint density at radius 1 is 0.944 bits per heavy atom. The normalized spacial score (nSPS) is 17.4. The van der Waals surface area contributed by atoms with Crippen LogP contribution in [0.1, 0.15) is 50.4 Å². The number of anilines is 1. The van der Waals surface area contributed by atoms with Crippen molar-refractivity contribution >= 4 is 23.1 Å². The van der Waals surface area contributed by atoms with Crippen molar-refractivity contribution in [1.29, 1.82) is 0 Å². The summed E-state index contributed by atoms with van der Waals surface area (Å²) in [5.41, 5.74) is 2.75. The van der Waals surface area contributed by atoms with E-state index in [0.29, 0.717) is 29.4 Å². The Morgan fingerprint density at radius 3 is 2.19 bits per heavy atom. The van der Waals surface area contributed by atoms with E-state index in [-0.39, 0.29) is 16.7 Å². The number of carbonyl (C=O) groups is 2. The summed E-state index contributed by atoms with van der Waals surface area (Å²) < 4.78 is 10.8. The standard InChI is InChI=1S/C30H31NO5/c1-6-36-23-16-12-20(13-17-23)27(32)25-26(19-10-14-21(15-11-19)30(2,3)4)31(29(34)28(25)33)22-8-7-9-24(18-22)35-5/h7-18,26,32H,6H2,1-5H3/b27-25+. The number of Topliss-reactive ketones (excluding diaryl/α,β-unsaturated/α-hetero) is 1. The fraction of sp³-hybridized carbons (Fsp3) is 0.267. The van der Waals surface area contributed by atoms with Gasteiger partial charge in [0.05, 0.1) is 25.3 Å². The largest absolute Gasteiger partial charge is 0.507 e. The molecule has 1 amide bonds. The number of aliphatic hydroxyl groups excluding tert-OH is 1. The first-order valence-electron chi connectivity index (χ1n) is 11.9. The molecule has 0 radical (unpaired) electrons. The smallest absolute Gasteiger partial charge is 0.300 e. The summed E-state index contributed by atoms with van der Waals surface area (Å²) in [4.78, 5) is 28.2. The summed E-state index contributed by atoms with van der Waals surface area (Å²) >= 11 is 0. The quantitative estimate of drug-likeness (QED) is 0.263. The second-order valence-electron chi connectivity index (χ2n) is 9.70. The number of nitrogens with zero attached hydrogens (tertiary/aromatic N) is 1. The van der Waals surface area contributed by atoms with E-state index in [1.54, 1.807) is 55.6 Å². The highest BCUT2D eigenvalue weighted by molar-refractivity contribution is 6.51. The number of ether oxygens (including phenoxy) is 2. The SMILES string of the molecule is CCOc1ccc(/C(O)=C2\C(=O)C(=O)N(c3cccc(OC)c3)C2c2ccc(C(C)(C)C)cc2)cc1. The monoisotopic (exact) mass is 485 g/mol. The zero-order valence-electron chi connectivity index (χ0n) is 21.2. The molecule has 1 saturated heterocycles. The van der Waals surface area contributed by atoms with Crippen LogP contribution < -0.4 is 14.4 Å². The van der Waals surface area contributed by atoms with Crippen LogP contribution in [-0.2, 0) is 15.0 Å². The lowest BCUT2D eigenvalue weighted by Gasteiger charge is -2.27. The number of methoxy groups -OCH3 is 1. The minimum Gasteiger partial charge on any atom is -0.507 e. The minimum absolute atomic E-state index is 0.0375. The number of ketones is 1. The maximum Gasteiger partial charge on any atom is 0.300 e. The van der Waals surface area contributed by atoms with Gasteiger partial charge in [0.1, 0.15) is 17.3 Å². The Labute approximate surface area is 211 Å². The van der Waals surface area contributed by atoms with Crippen LogP contribution >= 0.6 is 0 Å². The van der Waals surface area contributed by atoms with Gasteiger partial charge in [-0.3, -0.25) is 14.5 Å². The molecule has 3 aromatic rings. The Hall–Kier alpha value is -4.06. The molecule has 0 bridgehead atoms. The second kappa shape index (κ2) is 9.90. The number of benzene rings is 3. The topological polar surface area (TPSA) is 76.1 Å². The van der Waals surface area contributed by atoms with Gasteiger partial charge in [-0.2, -0.15) is 0 Å². The molecule has 4 rings (SSSR count). The molecule has 186 valence electrons. The molecule has 6 heteroatoms. The molecule has 36 heavy (non-hydrogen) atoms. The molecule has 1 heterocycles. The number of amides is 1. The van der Waals surface area contributed by atoms with Crippen LogP contribution in [0.3, 0.4) is 0 Å². The minimum atomic E-state index is -0.808. The van der Waals surface area contributed by atoms with Gasteiger partial charge in [-0.1, -0.05) is 51.1 Å². The Bertz CT molecular complexity index is 1300. The van der Waals surface area contributed by atoms with E-state index in [9.17, 15) is 14.7 Å². The molecule has 1 aliphatic rings. The first-order chi connectivity index (χ1) is 17.2. The molecule has 0 aliphatic carbocycles. The Morgan fingerprint density at radius 2 is 1.61 bits per heavy atom. The molecular formula is C30H31NO5. The molecule has 1 fully saturated rings. The van der Waals surface area contributed by atoms with Crippen molar-refractivity contribution < 1.29 is 24.2 Å². The molecule has 3 aromatic carbocycles. The van der Waals surface area contributed by atoms with Crippen LogP contribution in [0.15, 0.2) is 78.4 Å². The van der Waals surface area contributed by atoms with Crippen molar-refractivity contribution in [2.24, 2.45) is 0 Å². The van der Waals surface area contributed by atoms with Gasteiger partial charge in [-0.15, -0.1) is 0 Å². The van der Waals surface area contributed by atoms with Crippen molar-refractivity contribution in [2.45, 2.75) is 39.2 Å². The van der Waals surface area contributed by atoms with E-state index in [4.69, 9.17) is 9.47 Å². The van der Waals surface area contributed by atoms with Crippen LogP contribution in [0, 0.1) is 0 Å². The van der Waals surface area contributed by atoms with Gasteiger partial charge < -0.3 is 14.6 Å². The van der Waals surface area contributed by atoms with E-state index in [2.05, 4.69) is 20.8 Å². The Kier molecular flexibility index (Phi) is 6.88. The molecule has 6 nitrogen and oxygen atoms in total. The van der Waals surface area contributed by atoms with Gasteiger partial charge in [-0.25, -0.2) is 0 Å². The van der Waals surface area contributed by atoms with Crippen LogP contribution in [0.2, 0.25) is 0 Å². The average molecular weight is 486 g/mol. The first-order valence-corrected chi connectivity index (χ1v) is 11.9. The van der Waals surface area contributed by atoms with E-state index in [0.717, 1.165) is 11.1 Å². The number of hydrogen-bond donors (Lipinski definition) is 1. The molecule has 1 N–H and O–H groups in total. The molecule has 1 aliphatic heterocycles. The van der Waals surface area contributed by atoms with E-state index in [1.807, 2.05) is 31.2 Å². The molecule has 0 saturated carbocycles. The maximum absolute atomic E-state index is 13.4. The van der Waals surface area contributed by atoms with Crippen LogP contribution in [-0.4, -0.2) is 30.5 Å². The number of hydrogen-bond acceptors (Lipinski definition) is 5. The highest BCUT2D eigenvalue weighted by Crippen LogP contribution is 2.43. The average Bonchev–Trinajstić information content (AvgIpc) is 3.14. The number of carbonyl (C=O) groups excluding carboxylic acids is 2. The summed E-state index contributed by atoms with van der Waals surface area (Å²) in [6, 6.07) is 20.8. The third-order valence-corrected chi connectivity index (χ3v) is 6.31. The van der Waals surface area contributed by atoms with Crippen LogP contribution in [0.25, 0.3) is 5.76 Å². The van der Waals surface area contributed by atoms with Gasteiger partial charge in [0, 0.05) is 17.3 Å². The highest BCUT2D eigenvalue weighted by Gasteiger charge is 2.47.